The van der Waals surface area contributed by atoms with Crippen molar-refractivity contribution >= 4 is 5.91 Å². The van der Waals surface area contributed by atoms with Crippen LogP contribution < -0.4 is 0 Å². The fraction of sp³-hybridized carbons (Fsp3) is 0.765. The molecule has 4 heterocycles. The van der Waals surface area contributed by atoms with Crippen molar-refractivity contribution in [1.29, 1.82) is 0 Å². The summed E-state index contributed by atoms with van der Waals surface area (Å²) in [7, 11) is 0. The van der Waals surface area contributed by atoms with Crippen molar-refractivity contribution < 1.29 is 14.3 Å². The number of fused-ring (bicyclic) bond motifs is 1. The molecule has 0 aromatic carbocycles. The maximum Gasteiger partial charge on any atom is 0.251 e. The molecule has 24 heavy (non-hydrogen) atoms. The van der Waals surface area contributed by atoms with Gasteiger partial charge in [-0.25, -0.2) is 4.98 Å². The van der Waals surface area contributed by atoms with E-state index in [2.05, 4.69) is 14.5 Å². The number of rotatable bonds is 3. The summed E-state index contributed by atoms with van der Waals surface area (Å²) in [5.41, 5.74) is 1.25. The fourth-order valence-electron chi connectivity index (χ4n) is 3.80. The largest absolute Gasteiger partial charge is 0.379 e. The molecule has 0 aliphatic carbocycles. The van der Waals surface area contributed by atoms with Gasteiger partial charge in [-0.3, -0.25) is 9.69 Å². The molecule has 1 aromatic heterocycles. The molecule has 132 valence electrons. The highest BCUT2D eigenvalue weighted by Gasteiger charge is 2.30. The lowest BCUT2D eigenvalue weighted by atomic mass is 10.2. The van der Waals surface area contributed by atoms with Crippen molar-refractivity contribution in [1.82, 2.24) is 19.4 Å². The van der Waals surface area contributed by atoms with E-state index >= 15 is 0 Å². The van der Waals surface area contributed by atoms with Gasteiger partial charge in [-0.1, -0.05) is 0 Å². The highest BCUT2D eigenvalue weighted by Crippen LogP contribution is 2.18. The van der Waals surface area contributed by atoms with Gasteiger partial charge in [0.15, 0.2) is 0 Å². The summed E-state index contributed by atoms with van der Waals surface area (Å²) in [5, 5.41) is 0. The molecular formula is C17H26N4O3. The lowest BCUT2D eigenvalue weighted by Crippen LogP contribution is -2.40. The van der Waals surface area contributed by atoms with E-state index in [0.717, 1.165) is 84.2 Å². The van der Waals surface area contributed by atoms with Gasteiger partial charge in [0.1, 0.15) is 11.9 Å². The van der Waals surface area contributed by atoms with E-state index in [1.54, 1.807) is 0 Å². The Morgan fingerprint density at radius 1 is 1.17 bits per heavy atom. The van der Waals surface area contributed by atoms with Crippen molar-refractivity contribution in [2.45, 2.75) is 38.5 Å². The molecule has 4 rings (SSSR count). The van der Waals surface area contributed by atoms with E-state index in [1.165, 1.54) is 5.69 Å². The lowest BCUT2D eigenvalue weighted by Gasteiger charge is -2.27. The molecule has 1 aromatic rings. The summed E-state index contributed by atoms with van der Waals surface area (Å²) < 4.78 is 13.3. The Balaban J connectivity index is 1.40. The molecule has 3 aliphatic heterocycles. The molecule has 1 amide bonds. The first-order chi connectivity index (χ1) is 11.8. The Kier molecular flexibility index (Phi) is 4.82. The SMILES string of the molecule is O=C([C@H]1CCCO1)N1CCc2ncc(CN3CCOCC3)n2CC1. The minimum Gasteiger partial charge on any atom is -0.379 e. The smallest absolute Gasteiger partial charge is 0.251 e. The topological polar surface area (TPSA) is 59.8 Å². The highest BCUT2D eigenvalue weighted by atomic mass is 16.5. The zero-order chi connectivity index (χ0) is 16.4. The van der Waals surface area contributed by atoms with E-state index in [0.29, 0.717) is 0 Å². The molecule has 0 unspecified atom stereocenters. The lowest BCUT2D eigenvalue weighted by molar-refractivity contribution is -0.140. The Morgan fingerprint density at radius 2 is 2.04 bits per heavy atom. The van der Waals surface area contributed by atoms with Gasteiger partial charge in [-0.15, -0.1) is 0 Å². The monoisotopic (exact) mass is 334 g/mol. The molecule has 0 N–H and O–H groups in total. The standard InChI is InChI=1S/C17H26N4O3/c22-17(15-2-1-9-24-15)20-4-3-16-18-12-14(21(16)6-5-20)13-19-7-10-23-11-8-19/h12,15H,1-11,13H2/t15-/m1/s1. The van der Waals surface area contributed by atoms with Crippen LogP contribution in [-0.2, 0) is 33.8 Å². The van der Waals surface area contributed by atoms with Crippen LogP contribution in [0, 0.1) is 0 Å². The Labute approximate surface area is 142 Å². The number of amides is 1. The van der Waals surface area contributed by atoms with E-state index < -0.39 is 0 Å². The van der Waals surface area contributed by atoms with Gasteiger partial charge in [-0.2, -0.15) is 0 Å². The van der Waals surface area contributed by atoms with Crippen LogP contribution in [0.4, 0.5) is 0 Å². The first kappa shape index (κ1) is 16.1. The van der Waals surface area contributed by atoms with Crippen molar-refractivity contribution in [3.8, 4) is 0 Å². The number of aromatic nitrogens is 2. The van der Waals surface area contributed by atoms with Gasteiger partial charge in [-0.05, 0) is 12.8 Å². The van der Waals surface area contributed by atoms with Crippen molar-refractivity contribution in [2.24, 2.45) is 0 Å². The number of imidazole rings is 1. The van der Waals surface area contributed by atoms with E-state index in [9.17, 15) is 4.79 Å². The van der Waals surface area contributed by atoms with Gasteiger partial charge < -0.3 is 18.9 Å². The third kappa shape index (κ3) is 3.34. The number of hydrogen-bond acceptors (Lipinski definition) is 5. The number of nitrogens with zero attached hydrogens (tertiary/aromatic N) is 4. The number of carbonyl (C=O) groups excluding carboxylic acids is 1. The number of carbonyl (C=O) groups is 1. The normalized spacial score (nSPS) is 25.5. The van der Waals surface area contributed by atoms with Crippen LogP contribution in [0.25, 0.3) is 0 Å². The molecule has 0 radical (unpaired) electrons. The maximum atomic E-state index is 12.6. The summed E-state index contributed by atoms with van der Waals surface area (Å²) >= 11 is 0. The molecule has 0 bridgehead atoms. The average molecular weight is 334 g/mol. The van der Waals surface area contributed by atoms with Gasteiger partial charge in [0.25, 0.3) is 5.91 Å². The number of ether oxygens (including phenoxy) is 2. The van der Waals surface area contributed by atoms with Crippen LogP contribution in [0.15, 0.2) is 6.20 Å². The van der Waals surface area contributed by atoms with Crippen LogP contribution in [0.2, 0.25) is 0 Å². The number of morpholine rings is 1. The van der Waals surface area contributed by atoms with E-state index in [4.69, 9.17) is 9.47 Å². The molecule has 0 spiro atoms. The quantitative estimate of drug-likeness (QED) is 0.795. The summed E-state index contributed by atoms with van der Waals surface area (Å²) in [5.74, 6) is 1.26. The van der Waals surface area contributed by atoms with Crippen LogP contribution in [0.1, 0.15) is 24.4 Å². The second-order valence-corrected chi connectivity index (χ2v) is 6.78. The highest BCUT2D eigenvalue weighted by molar-refractivity contribution is 5.81. The minimum atomic E-state index is -0.219. The summed E-state index contributed by atoms with van der Waals surface area (Å²) in [6.07, 6.45) is 4.46. The molecule has 1 atom stereocenters. The van der Waals surface area contributed by atoms with Crippen molar-refractivity contribution in [3.63, 3.8) is 0 Å². The third-order valence-corrected chi connectivity index (χ3v) is 5.23. The predicted molar refractivity (Wildman–Crippen MR) is 87.6 cm³/mol. The summed E-state index contributed by atoms with van der Waals surface area (Å²) in [6, 6.07) is 0. The minimum absolute atomic E-state index is 0.160. The summed E-state index contributed by atoms with van der Waals surface area (Å²) in [6.45, 7) is 7.52. The van der Waals surface area contributed by atoms with Crippen molar-refractivity contribution in [3.05, 3.63) is 17.7 Å². The van der Waals surface area contributed by atoms with Crippen LogP contribution >= 0.6 is 0 Å². The van der Waals surface area contributed by atoms with Gasteiger partial charge in [0.05, 0.1) is 18.9 Å². The van der Waals surface area contributed by atoms with Crippen LogP contribution in [0.5, 0.6) is 0 Å². The van der Waals surface area contributed by atoms with Crippen LogP contribution in [-0.4, -0.2) is 77.4 Å². The number of hydrogen-bond donors (Lipinski definition) is 0. The Morgan fingerprint density at radius 3 is 2.83 bits per heavy atom. The second kappa shape index (κ2) is 7.21. The zero-order valence-electron chi connectivity index (χ0n) is 14.2. The fourth-order valence-corrected chi connectivity index (χ4v) is 3.80. The predicted octanol–water partition coefficient (Wildman–Crippen LogP) is 0.279. The average Bonchev–Trinajstić information content (AvgIpc) is 3.22. The maximum absolute atomic E-state index is 12.6. The molecule has 7 heteroatoms. The molecule has 2 fully saturated rings. The van der Waals surface area contributed by atoms with Gasteiger partial charge in [0, 0.05) is 58.5 Å². The van der Waals surface area contributed by atoms with Crippen molar-refractivity contribution in [2.75, 3.05) is 46.0 Å². The second-order valence-electron chi connectivity index (χ2n) is 6.78. The molecule has 3 aliphatic rings. The summed E-state index contributed by atoms with van der Waals surface area (Å²) in [4.78, 5) is 21.6. The molecular weight excluding hydrogens is 308 g/mol. The first-order valence-electron chi connectivity index (χ1n) is 9.05. The van der Waals surface area contributed by atoms with Gasteiger partial charge >= 0.3 is 0 Å². The Hall–Kier alpha value is -1.44. The third-order valence-electron chi connectivity index (χ3n) is 5.23. The van der Waals surface area contributed by atoms with E-state index in [-0.39, 0.29) is 12.0 Å². The molecule has 0 saturated carbocycles. The molecule has 2 saturated heterocycles. The Bertz CT molecular complexity index is 576. The van der Waals surface area contributed by atoms with E-state index in [1.807, 2.05) is 11.1 Å². The first-order valence-corrected chi connectivity index (χ1v) is 9.05. The molecule has 7 nitrogen and oxygen atoms in total. The van der Waals surface area contributed by atoms with Gasteiger partial charge in [0.2, 0.25) is 0 Å². The van der Waals surface area contributed by atoms with Crippen LogP contribution in [0.3, 0.4) is 0 Å². The zero-order valence-corrected chi connectivity index (χ0v) is 14.2.